The van der Waals surface area contributed by atoms with Crippen LogP contribution in [0.3, 0.4) is 0 Å². The number of fused-ring (bicyclic) bond motifs is 2. The SMILES string of the molecule is CCOC(=O)C1=C(C)N=c2sc(=Cc3ccc(OC)c4ccccc34)c(=O)n2[C@H]1c1ccc(C)cc1. The van der Waals surface area contributed by atoms with Gasteiger partial charge in [0.15, 0.2) is 4.80 Å². The fourth-order valence-corrected chi connectivity index (χ4v) is 5.63. The van der Waals surface area contributed by atoms with Crippen LogP contribution in [0.25, 0.3) is 16.8 Å². The number of carbonyl (C=O) groups is 1. The fraction of sp³-hybridized carbons (Fsp3) is 0.207. The van der Waals surface area contributed by atoms with E-state index in [1.54, 1.807) is 25.5 Å². The van der Waals surface area contributed by atoms with Crippen molar-refractivity contribution < 1.29 is 14.3 Å². The average Bonchev–Trinajstić information content (AvgIpc) is 3.18. The monoisotopic (exact) mass is 498 g/mol. The van der Waals surface area contributed by atoms with Crippen molar-refractivity contribution in [2.45, 2.75) is 26.8 Å². The third-order valence-corrected chi connectivity index (χ3v) is 7.32. The summed E-state index contributed by atoms with van der Waals surface area (Å²) >= 11 is 1.32. The number of benzene rings is 3. The molecule has 0 N–H and O–H groups in total. The number of ether oxygens (including phenoxy) is 2. The molecular weight excluding hydrogens is 472 g/mol. The van der Waals surface area contributed by atoms with E-state index >= 15 is 0 Å². The molecular formula is C29H26N2O4S. The highest BCUT2D eigenvalue weighted by Gasteiger charge is 2.33. The van der Waals surface area contributed by atoms with Crippen LogP contribution in [0, 0.1) is 6.92 Å². The molecule has 1 atom stereocenters. The molecule has 7 heteroatoms. The molecule has 0 amide bonds. The second kappa shape index (κ2) is 9.59. The fourth-order valence-electron chi connectivity index (χ4n) is 4.60. The molecule has 36 heavy (non-hydrogen) atoms. The highest BCUT2D eigenvalue weighted by atomic mass is 32.1. The van der Waals surface area contributed by atoms with E-state index in [2.05, 4.69) is 4.99 Å². The quantitative estimate of drug-likeness (QED) is 0.386. The zero-order chi connectivity index (χ0) is 25.4. The molecule has 0 bridgehead atoms. The third-order valence-electron chi connectivity index (χ3n) is 6.33. The van der Waals surface area contributed by atoms with Crippen LogP contribution in [0.2, 0.25) is 0 Å². The van der Waals surface area contributed by atoms with Crippen molar-refractivity contribution in [3.63, 3.8) is 0 Å². The van der Waals surface area contributed by atoms with Gasteiger partial charge in [0, 0.05) is 5.39 Å². The van der Waals surface area contributed by atoms with Crippen LogP contribution in [0.5, 0.6) is 5.75 Å². The summed E-state index contributed by atoms with van der Waals surface area (Å²) in [5, 5.41) is 1.96. The molecule has 4 aromatic rings. The van der Waals surface area contributed by atoms with Gasteiger partial charge in [-0.15, -0.1) is 0 Å². The van der Waals surface area contributed by atoms with Crippen molar-refractivity contribution in [1.82, 2.24) is 4.57 Å². The van der Waals surface area contributed by atoms with Gasteiger partial charge in [0.05, 0.1) is 35.6 Å². The van der Waals surface area contributed by atoms with Crippen LogP contribution in [0.4, 0.5) is 0 Å². The van der Waals surface area contributed by atoms with Crippen LogP contribution in [0.15, 0.2) is 81.7 Å². The number of allylic oxidation sites excluding steroid dienone is 1. The van der Waals surface area contributed by atoms with Crippen LogP contribution in [-0.2, 0) is 9.53 Å². The summed E-state index contributed by atoms with van der Waals surface area (Å²) in [6, 6.07) is 19.0. The topological polar surface area (TPSA) is 69.9 Å². The minimum Gasteiger partial charge on any atom is -0.496 e. The van der Waals surface area contributed by atoms with Crippen molar-refractivity contribution in [3.8, 4) is 5.75 Å². The van der Waals surface area contributed by atoms with Gasteiger partial charge in [-0.05, 0) is 49.4 Å². The second-order valence-electron chi connectivity index (χ2n) is 8.62. The molecule has 0 aliphatic carbocycles. The van der Waals surface area contributed by atoms with E-state index in [1.807, 2.05) is 73.7 Å². The Morgan fingerprint density at radius 3 is 2.47 bits per heavy atom. The lowest BCUT2D eigenvalue weighted by molar-refractivity contribution is -0.139. The summed E-state index contributed by atoms with van der Waals surface area (Å²) in [5.41, 5.74) is 3.58. The molecule has 6 nitrogen and oxygen atoms in total. The normalized spacial score (nSPS) is 15.6. The Hall–Kier alpha value is -3.97. The number of hydrogen-bond acceptors (Lipinski definition) is 6. The van der Waals surface area contributed by atoms with Gasteiger partial charge in [-0.25, -0.2) is 9.79 Å². The minimum absolute atomic E-state index is 0.196. The highest BCUT2D eigenvalue weighted by Crippen LogP contribution is 2.31. The van der Waals surface area contributed by atoms with Gasteiger partial charge in [-0.3, -0.25) is 9.36 Å². The Morgan fingerprint density at radius 2 is 1.78 bits per heavy atom. The Bertz CT molecular complexity index is 1690. The molecule has 1 aliphatic heterocycles. The number of hydrogen-bond donors (Lipinski definition) is 0. The number of nitrogens with zero attached hydrogens (tertiary/aromatic N) is 2. The summed E-state index contributed by atoms with van der Waals surface area (Å²) in [4.78, 5) is 32.1. The first-order valence-electron chi connectivity index (χ1n) is 11.7. The van der Waals surface area contributed by atoms with Crippen molar-refractivity contribution in [2.75, 3.05) is 13.7 Å². The molecule has 3 aromatic carbocycles. The summed E-state index contributed by atoms with van der Waals surface area (Å²) < 4.78 is 13.0. The largest absolute Gasteiger partial charge is 0.496 e. The summed E-state index contributed by atoms with van der Waals surface area (Å²) in [6.07, 6.45) is 1.89. The van der Waals surface area contributed by atoms with Crippen LogP contribution >= 0.6 is 11.3 Å². The molecule has 2 heterocycles. The number of thiazole rings is 1. The Morgan fingerprint density at radius 1 is 1.06 bits per heavy atom. The first-order chi connectivity index (χ1) is 17.4. The van der Waals surface area contributed by atoms with Gasteiger partial charge in [0.1, 0.15) is 5.75 Å². The lowest BCUT2D eigenvalue weighted by atomic mass is 9.95. The van der Waals surface area contributed by atoms with Gasteiger partial charge in [-0.2, -0.15) is 0 Å². The molecule has 0 saturated heterocycles. The van der Waals surface area contributed by atoms with Crippen molar-refractivity contribution in [1.29, 1.82) is 0 Å². The lowest BCUT2D eigenvalue weighted by Gasteiger charge is -2.24. The van der Waals surface area contributed by atoms with E-state index < -0.39 is 12.0 Å². The van der Waals surface area contributed by atoms with Crippen LogP contribution in [0.1, 0.15) is 36.6 Å². The molecule has 0 spiro atoms. The van der Waals surface area contributed by atoms with E-state index in [1.165, 1.54) is 11.3 Å². The molecule has 0 radical (unpaired) electrons. The predicted molar refractivity (Wildman–Crippen MR) is 142 cm³/mol. The van der Waals surface area contributed by atoms with Gasteiger partial charge in [-0.1, -0.05) is 71.5 Å². The minimum atomic E-state index is -0.615. The van der Waals surface area contributed by atoms with Crippen molar-refractivity contribution in [3.05, 3.63) is 108 Å². The molecule has 182 valence electrons. The second-order valence-corrected chi connectivity index (χ2v) is 9.62. The van der Waals surface area contributed by atoms with Crippen molar-refractivity contribution in [2.24, 2.45) is 4.99 Å². The Kier molecular flexibility index (Phi) is 6.33. The summed E-state index contributed by atoms with van der Waals surface area (Å²) in [6.45, 7) is 5.80. The van der Waals surface area contributed by atoms with Gasteiger partial charge in [0.2, 0.25) is 0 Å². The maximum Gasteiger partial charge on any atom is 0.338 e. The van der Waals surface area contributed by atoms with Gasteiger partial charge < -0.3 is 9.47 Å². The maximum absolute atomic E-state index is 13.8. The number of rotatable bonds is 5. The summed E-state index contributed by atoms with van der Waals surface area (Å²) in [7, 11) is 1.65. The number of methoxy groups -OCH3 is 1. The zero-order valence-electron chi connectivity index (χ0n) is 20.6. The van der Waals surface area contributed by atoms with E-state index in [4.69, 9.17) is 9.47 Å². The third kappa shape index (κ3) is 4.05. The molecule has 0 fully saturated rings. The van der Waals surface area contributed by atoms with Gasteiger partial charge in [0.25, 0.3) is 5.56 Å². The standard InChI is InChI=1S/C29H26N2O4S/c1-5-35-28(33)25-18(3)30-29-31(26(25)19-12-10-17(2)11-13-19)27(32)24(36-29)16-20-14-15-23(34-4)22-9-7-6-8-21(20)22/h6-16,26H,5H2,1-4H3/t26-/m0/s1. The lowest BCUT2D eigenvalue weighted by Crippen LogP contribution is -2.39. The van der Waals surface area contributed by atoms with Crippen LogP contribution < -0.4 is 19.6 Å². The van der Waals surface area contributed by atoms with Crippen molar-refractivity contribution >= 4 is 34.2 Å². The molecule has 0 saturated carbocycles. The molecule has 5 rings (SSSR count). The smallest absolute Gasteiger partial charge is 0.338 e. The number of aryl methyl sites for hydroxylation is 1. The first-order valence-corrected chi connectivity index (χ1v) is 12.6. The molecule has 1 aromatic heterocycles. The number of aromatic nitrogens is 1. The van der Waals surface area contributed by atoms with E-state index in [0.717, 1.165) is 33.2 Å². The average molecular weight is 499 g/mol. The number of carbonyl (C=O) groups excluding carboxylic acids is 1. The van der Waals surface area contributed by atoms with E-state index in [9.17, 15) is 9.59 Å². The molecule has 1 aliphatic rings. The van der Waals surface area contributed by atoms with E-state index in [-0.39, 0.29) is 12.2 Å². The maximum atomic E-state index is 13.8. The highest BCUT2D eigenvalue weighted by molar-refractivity contribution is 7.07. The first kappa shape index (κ1) is 23.8. The zero-order valence-corrected chi connectivity index (χ0v) is 21.4. The summed E-state index contributed by atoms with van der Waals surface area (Å²) in [5.74, 6) is 0.318. The van der Waals surface area contributed by atoms with Gasteiger partial charge >= 0.3 is 5.97 Å². The number of esters is 1. The molecule has 0 unspecified atom stereocenters. The Labute approximate surface area is 212 Å². The van der Waals surface area contributed by atoms with Crippen LogP contribution in [-0.4, -0.2) is 24.3 Å². The predicted octanol–water partition coefficient (Wildman–Crippen LogP) is 4.27. The Balaban J connectivity index is 1.75. The van der Waals surface area contributed by atoms with E-state index in [0.29, 0.717) is 20.6 Å².